The molecular weight excluding hydrogens is 238 g/mol. The molecule has 1 aromatic heterocycles. The minimum absolute atomic E-state index is 0.435. The van der Waals surface area contributed by atoms with Crippen LogP contribution in [0.1, 0.15) is 63.9 Å². The molecule has 0 aliphatic heterocycles. The molecule has 3 heteroatoms. The Morgan fingerprint density at radius 3 is 2.53 bits per heavy atom. The summed E-state index contributed by atoms with van der Waals surface area (Å²) >= 11 is 0. The van der Waals surface area contributed by atoms with Crippen LogP contribution in [0.5, 0.6) is 0 Å². The molecule has 0 aromatic carbocycles. The third kappa shape index (κ3) is 5.37. The van der Waals surface area contributed by atoms with Crippen LogP contribution in [-0.2, 0) is 17.9 Å². The van der Waals surface area contributed by atoms with Gasteiger partial charge >= 0.3 is 0 Å². The van der Waals surface area contributed by atoms with Crippen molar-refractivity contribution in [2.45, 2.75) is 77.7 Å². The molecule has 19 heavy (non-hydrogen) atoms. The van der Waals surface area contributed by atoms with Gasteiger partial charge in [-0.1, -0.05) is 39.5 Å². The molecule has 0 unspecified atom stereocenters. The Morgan fingerprint density at radius 2 is 1.84 bits per heavy atom. The van der Waals surface area contributed by atoms with Gasteiger partial charge in [0, 0.05) is 6.04 Å². The van der Waals surface area contributed by atoms with Crippen molar-refractivity contribution in [1.29, 1.82) is 0 Å². The average Bonchev–Trinajstić information content (AvgIpc) is 2.68. The Bertz CT molecular complexity index is 351. The number of furan rings is 1. The summed E-state index contributed by atoms with van der Waals surface area (Å²) in [6, 6.07) is 4.56. The number of nitrogens with one attached hydrogen (secondary N) is 1. The number of hydrogen-bond donors (Lipinski definition) is 1. The molecule has 0 amide bonds. The van der Waals surface area contributed by atoms with E-state index in [9.17, 15) is 0 Å². The summed E-state index contributed by atoms with van der Waals surface area (Å²) in [6.45, 7) is 5.69. The molecule has 0 radical (unpaired) electrons. The Morgan fingerprint density at radius 1 is 1.16 bits per heavy atom. The van der Waals surface area contributed by atoms with E-state index in [-0.39, 0.29) is 0 Å². The van der Waals surface area contributed by atoms with Gasteiger partial charge in [0.2, 0.25) is 0 Å². The van der Waals surface area contributed by atoms with Crippen molar-refractivity contribution in [3.05, 3.63) is 23.7 Å². The van der Waals surface area contributed by atoms with Crippen molar-refractivity contribution in [3.63, 3.8) is 0 Å². The fourth-order valence-corrected chi connectivity index (χ4v) is 2.51. The first-order valence-electron chi connectivity index (χ1n) is 7.66. The van der Waals surface area contributed by atoms with E-state index >= 15 is 0 Å². The van der Waals surface area contributed by atoms with E-state index in [2.05, 4.69) is 19.2 Å². The molecule has 0 atom stereocenters. The van der Waals surface area contributed by atoms with E-state index in [4.69, 9.17) is 9.15 Å². The Kier molecular flexibility index (Phi) is 5.93. The van der Waals surface area contributed by atoms with Crippen LogP contribution in [0.2, 0.25) is 0 Å². The minimum Gasteiger partial charge on any atom is -0.462 e. The largest absolute Gasteiger partial charge is 0.462 e. The van der Waals surface area contributed by atoms with Crippen molar-refractivity contribution >= 4 is 0 Å². The van der Waals surface area contributed by atoms with E-state index in [1.54, 1.807) is 0 Å². The van der Waals surface area contributed by atoms with Gasteiger partial charge in [0.05, 0.1) is 12.6 Å². The number of hydrogen-bond acceptors (Lipinski definition) is 3. The van der Waals surface area contributed by atoms with Crippen LogP contribution in [0, 0.1) is 0 Å². The molecule has 0 bridgehead atoms. The molecule has 1 aliphatic rings. The monoisotopic (exact) mass is 265 g/mol. The van der Waals surface area contributed by atoms with Crippen LogP contribution in [0.3, 0.4) is 0 Å². The van der Waals surface area contributed by atoms with Gasteiger partial charge in [-0.25, -0.2) is 0 Å². The first kappa shape index (κ1) is 14.6. The maximum Gasteiger partial charge on any atom is 0.129 e. The summed E-state index contributed by atoms with van der Waals surface area (Å²) in [5.41, 5.74) is 0. The first-order chi connectivity index (χ1) is 9.24. The van der Waals surface area contributed by atoms with E-state index in [0.717, 1.165) is 18.1 Å². The highest BCUT2D eigenvalue weighted by Crippen LogP contribution is 2.21. The van der Waals surface area contributed by atoms with Crippen LogP contribution in [0.4, 0.5) is 0 Å². The molecule has 1 fully saturated rings. The van der Waals surface area contributed by atoms with Crippen LogP contribution >= 0.6 is 0 Å². The molecule has 1 saturated carbocycles. The third-order valence-corrected chi connectivity index (χ3v) is 3.67. The van der Waals surface area contributed by atoms with Crippen molar-refractivity contribution in [2.24, 2.45) is 0 Å². The maximum atomic E-state index is 5.97. The molecule has 2 rings (SSSR count). The van der Waals surface area contributed by atoms with Crippen LogP contribution in [0.25, 0.3) is 0 Å². The van der Waals surface area contributed by atoms with Gasteiger partial charge < -0.3 is 14.5 Å². The van der Waals surface area contributed by atoms with Crippen molar-refractivity contribution in [2.75, 3.05) is 0 Å². The van der Waals surface area contributed by atoms with Crippen LogP contribution in [-0.4, -0.2) is 12.1 Å². The lowest BCUT2D eigenvalue weighted by Gasteiger charge is -2.14. The second kappa shape index (κ2) is 7.71. The molecule has 1 heterocycles. The van der Waals surface area contributed by atoms with Crippen LogP contribution < -0.4 is 5.32 Å². The lowest BCUT2D eigenvalue weighted by Crippen LogP contribution is -2.21. The number of rotatable bonds is 6. The fourth-order valence-electron chi connectivity index (χ4n) is 2.51. The van der Waals surface area contributed by atoms with E-state index < -0.39 is 0 Å². The van der Waals surface area contributed by atoms with Crippen molar-refractivity contribution < 1.29 is 9.15 Å². The zero-order valence-electron chi connectivity index (χ0n) is 12.3. The van der Waals surface area contributed by atoms with E-state index in [0.29, 0.717) is 18.8 Å². The van der Waals surface area contributed by atoms with Gasteiger partial charge in [0.15, 0.2) is 0 Å². The normalized spacial score (nSPS) is 17.8. The summed E-state index contributed by atoms with van der Waals surface area (Å²) in [6.07, 6.45) is 8.21. The van der Waals surface area contributed by atoms with Gasteiger partial charge in [-0.3, -0.25) is 0 Å². The quantitative estimate of drug-likeness (QED) is 0.789. The smallest absolute Gasteiger partial charge is 0.129 e. The molecule has 3 nitrogen and oxygen atoms in total. The molecule has 1 aliphatic carbocycles. The predicted octanol–water partition coefficient (Wildman–Crippen LogP) is 4.02. The van der Waals surface area contributed by atoms with E-state index in [1.807, 2.05) is 12.1 Å². The minimum atomic E-state index is 0.435. The van der Waals surface area contributed by atoms with E-state index in [1.165, 1.54) is 38.5 Å². The molecule has 1 N–H and O–H groups in total. The molecule has 108 valence electrons. The Balaban J connectivity index is 1.73. The lowest BCUT2D eigenvalue weighted by molar-refractivity contribution is 0.0215. The molecule has 1 aromatic rings. The zero-order valence-corrected chi connectivity index (χ0v) is 12.3. The highest BCUT2D eigenvalue weighted by atomic mass is 16.5. The van der Waals surface area contributed by atoms with Gasteiger partial charge in [0.1, 0.15) is 18.1 Å². The fraction of sp³-hybridized carbons (Fsp3) is 0.750. The van der Waals surface area contributed by atoms with Gasteiger partial charge in [-0.2, -0.15) is 0 Å². The summed E-state index contributed by atoms with van der Waals surface area (Å²) in [5, 5.41) is 3.35. The Labute approximate surface area is 116 Å². The standard InChI is InChI=1S/C16H27NO2/c1-13(2)17-11-15-9-10-16(19-15)12-18-14-7-5-3-4-6-8-14/h9-10,13-14,17H,3-8,11-12H2,1-2H3. The zero-order chi connectivity index (χ0) is 13.5. The van der Waals surface area contributed by atoms with Gasteiger partial charge in [-0.15, -0.1) is 0 Å². The van der Waals surface area contributed by atoms with Crippen LogP contribution in [0.15, 0.2) is 16.5 Å². The average molecular weight is 265 g/mol. The summed E-state index contributed by atoms with van der Waals surface area (Å²) < 4.78 is 11.7. The van der Waals surface area contributed by atoms with Crippen molar-refractivity contribution in [1.82, 2.24) is 5.32 Å². The molecule has 0 spiro atoms. The second-order valence-electron chi connectivity index (χ2n) is 5.83. The third-order valence-electron chi connectivity index (χ3n) is 3.67. The van der Waals surface area contributed by atoms with Crippen molar-refractivity contribution in [3.8, 4) is 0 Å². The lowest BCUT2D eigenvalue weighted by atomic mass is 10.1. The van der Waals surface area contributed by atoms with Gasteiger partial charge in [-0.05, 0) is 25.0 Å². The van der Waals surface area contributed by atoms with Gasteiger partial charge in [0.25, 0.3) is 0 Å². The molecule has 0 saturated heterocycles. The highest BCUT2D eigenvalue weighted by molar-refractivity contribution is 5.06. The number of ether oxygens (including phenoxy) is 1. The Hall–Kier alpha value is -0.800. The SMILES string of the molecule is CC(C)NCc1ccc(COC2CCCCCC2)o1. The topological polar surface area (TPSA) is 34.4 Å². The first-order valence-corrected chi connectivity index (χ1v) is 7.66. The second-order valence-corrected chi connectivity index (χ2v) is 5.83. The summed E-state index contributed by atoms with van der Waals surface area (Å²) in [7, 11) is 0. The highest BCUT2D eigenvalue weighted by Gasteiger charge is 2.13. The maximum absolute atomic E-state index is 5.97. The summed E-state index contributed by atoms with van der Waals surface area (Å²) in [5.74, 6) is 1.94. The summed E-state index contributed by atoms with van der Waals surface area (Å²) in [4.78, 5) is 0. The molecular formula is C16H27NO2. The predicted molar refractivity (Wildman–Crippen MR) is 77.0 cm³/mol.